The fourth-order valence-corrected chi connectivity index (χ4v) is 1.28. The van der Waals surface area contributed by atoms with E-state index >= 15 is 0 Å². The predicted molar refractivity (Wildman–Crippen MR) is 45.3 cm³/mol. The summed E-state index contributed by atoms with van der Waals surface area (Å²) in [6, 6.07) is 0. The van der Waals surface area contributed by atoms with Gasteiger partial charge in [0, 0.05) is 0 Å². The molecule has 0 amide bonds. The van der Waals surface area contributed by atoms with Crippen LogP contribution in [0.3, 0.4) is 0 Å². The fraction of sp³-hybridized carbons (Fsp3) is 0.667. The molecule has 0 heterocycles. The Kier molecular flexibility index (Phi) is 7.05. The number of allylic oxidation sites excluding steroid dienone is 1. The molecule has 0 atom stereocenters. The zero-order valence-corrected chi connectivity index (χ0v) is 7.91. The molecule has 0 aliphatic heterocycles. The molecule has 0 aromatic carbocycles. The van der Waals surface area contributed by atoms with Gasteiger partial charge in [-0.05, 0) is 6.42 Å². The quantitative estimate of drug-likeness (QED) is 0.462. The van der Waals surface area contributed by atoms with Crippen LogP contribution >= 0.6 is 23.2 Å². The Morgan fingerprint density at radius 3 is 2.67 bits per heavy atom. The third-order valence-corrected chi connectivity index (χ3v) is 2.23. The smallest absolute Gasteiger partial charge is 0.110 e. The second kappa shape index (κ2) is 6.65. The Morgan fingerprint density at radius 2 is 2.22 bits per heavy atom. The molecule has 0 aliphatic rings. The molecule has 0 nitrogen and oxygen atoms in total. The molecule has 0 saturated heterocycles. The predicted octanol–water partition coefficient (Wildman–Crippen LogP) is 2.77. The zero-order chi connectivity index (χ0) is 7.11. The van der Waals surface area contributed by atoms with Crippen LogP contribution in [0.2, 0.25) is 0 Å². The van der Waals surface area contributed by atoms with Gasteiger partial charge in [0.15, 0.2) is 0 Å². The highest BCUT2D eigenvalue weighted by molar-refractivity contribution is 6.71. The van der Waals surface area contributed by atoms with Crippen molar-refractivity contribution >= 4 is 32.7 Å². The number of alkyl halides is 2. The van der Waals surface area contributed by atoms with E-state index in [9.17, 15) is 0 Å². The minimum atomic E-state index is -0.210. The Labute approximate surface area is 69.1 Å². The van der Waals surface area contributed by atoms with Crippen LogP contribution in [-0.2, 0) is 0 Å². The van der Waals surface area contributed by atoms with Crippen LogP contribution in [0.1, 0.15) is 19.8 Å². The summed E-state index contributed by atoms with van der Waals surface area (Å²) in [7, 11) is 0.549. The number of unbranched alkanes of at least 4 members (excludes halogenated alkanes) is 1. The van der Waals surface area contributed by atoms with Crippen LogP contribution in [0.15, 0.2) is 11.8 Å². The molecule has 0 aromatic rings. The van der Waals surface area contributed by atoms with Crippen LogP contribution in [0.25, 0.3) is 0 Å². The van der Waals surface area contributed by atoms with Gasteiger partial charge in [0.25, 0.3) is 0 Å². The number of hydrogen-bond donors (Lipinski definition) is 0. The molecular weight excluding hydrogens is 171 g/mol. The van der Waals surface area contributed by atoms with Crippen molar-refractivity contribution in [1.29, 1.82) is 0 Å². The van der Waals surface area contributed by atoms with Gasteiger partial charge in [-0.3, -0.25) is 0 Å². The van der Waals surface area contributed by atoms with E-state index in [-0.39, 0.29) is 4.46 Å². The first-order valence-electron chi connectivity index (χ1n) is 2.96. The maximum absolute atomic E-state index is 5.48. The molecule has 2 radical (unpaired) electrons. The van der Waals surface area contributed by atoms with Gasteiger partial charge < -0.3 is 0 Å². The molecule has 9 heavy (non-hydrogen) atoms. The molecule has 52 valence electrons. The van der Waals surface area contributed by atoms with Crippen LogP contribution in [-0.4, -0.2) is 14.0 Å². The topological polar surface area (TPSA) is 0 Å². The van der Waals surface area contributed by atoms with E-state index in [2.05, 4.69) is 13.0 Å². The van der Waals surface area contributed by atoms with Gasteiger partial charge in [-0.15, -0.1) is 23.2 Å². The summed E-state index contributed by atoms with van der Waals surface area (Å²) in [5.41, 5.74) is 2.05. The van der Waals surface area contributed by atoms with Gasteiger partial charge in [-0.2, -0.15) is 0 Å². The maximum atomic E-state index is 5.48. The first kappa shape index (κ1) is 9.54. The van der Waals surface area contributed by atoms with Crippen molar-refractivity contribution in [1.82, 2.24) is 0 Å². The lowest BCUT2D eigenvalue weighted by Gasteiger charge is -1.88. The highest BCUT2D eigenvalue weighted by Gasteiger charge is 1.93. The molecule has 0 N–H and O–H groups in total. The third-order valence-electron chi connectivity index (χ3n) is 0.795. The molecule has 0 aliphatic carbocycles. The van der Waals surface area contributed by atoms with E-state index in [4.69, 9.17) is 23.2 Å². The maximum Gasteiger partial charge on any atom is 0.114 e. The van der Waals surface area contributed by atoms with E-state index in [1.807, 2.05) is 5.70 Å². The summed E-state index contributed by atoms with van der Waals surface area (Å²) in [4.78, 5) is 0. The standard InChI is InChI=1S/C6H10Cl2Si/c1-2-3-4-5-9-6(7)8/h4-6H,2-3H2,1H3. The van der Waals surface area contributed by atoms with E-state index in [1.165, 1.54) is 6.42 Å². The summed E-state index contributed by atoms with van der Waals surface area (Å²) < 4.78 is -0.210. The summed E-state index contributed by atoms with van der Waals surface area (Å²) >= 11 is 11.0. The summed E-state index contributed by atoms with van der Waals surface area (Å²) in [6.45, 7) is 2.15. The highest BCUT2D eigenvalue weighted by Crippen LogP contribution is 1.99. The van der Waals surface area contributed by atoms with Crippen molar-refractivity contribution in [2.75, 3.05) is 0 Å². The van der Waals surface area contributed by atoms with E-state index in [0.717, 1.165) is 6.42 Å². The monoisotopic (exact) mass is 180 g/mol. The zero-order valence-electron chi connectivity index (χ0n) is 5.40. The molecular formula is C6H10Cl2Si. The second-order valence-electron chi connectivity index (χ2n) is 1.66. The first-order valence-corrected chi connectivity index (χ1v) is 4.99. The fourth-order valence-electron chi connectivity index (χ4n) is 0.391. The van der Waals surface area contributed by atoms with Gasteiger partial charge in [-0.1, -0.05) is 25.1 Å². The molecule has 0 aromatic heterocycles. The van der Waals surface area contributed by atoms with Crippen LogP contribution in [0, 0.1) is 0 Å². The van der Waals surface area contributed by atoms with Crippen LogP contribution in [0.5, 0.6) is 0 Å². The number of rotatable bonds is 4. The van der Waals surface area contributed by atoms with E-state index in [1.54, 1.807) is 0 Å². The summed E-state index contributed by atoms with van der Waals surface area (Å²) in [5, 5.41) is 0. The summed E-state index contributed by atoms with van der Waals surface area (Å²) in [6.07, 6.45) is 4.44. The van der Waals surface area contributed by atoms with Gasteiger partial charge >= 0.3 is 0 Å². The highest BCUT2D eigenvalue weighted by atomic mass is 35.5. The normalized spacial score (nSPS) is 11.6. The van der Waals surface area contributed by atoms with Crippen molar-refractivity contribution in [2.24, 2.45) is 0 Å². The molecule has 3 heteroatoms. The summed E-state index contributed by atoms with van der Waals surface area (Å²) in [5.74, 6) is 0. The van der Waals surface area contributed by atoms with E-state index in [0.29, 0.717) is 9.52 Å². The van der Waals surface area contributed by atoms with Gasteiger partial charge in [0.2, 0.25) is 0 Å². The Morgan fingerprint density at radius 1 is 1.56 bits per heavy atom. The van der Waals surface area contributed by atoms with Gasteiger partial charge in [0.1, 0.15) is 9.52 Å². The van der Waals surface area contributed by atoms with E-state index < -0.39 is 0 Å². The average Bonchev–Trinajstić information content (AvgIpc) is 1.80. The molecule has 0 rings (SSSR count). The van der Waals surface area contributed by atoms with Crippen molar-refractivity contribution in [2.45, 2.75) is 24.2 Å². The Hall–Kier alpha value is 0.537. The Bertz CT molecular complexity index is 81.1. The van der Waals surface area contributed by atoms with Crippen molar-refractivity contribution < 1.29 is 0 Å². The van der Waals surface area contributed by atoms with Gasteiger partial charge in [0.05, 0.1) is 4.46 Å². The SMILES string of the molecule is CCCC=C[Si]C(Cl)Cl. The number of halogens is 2. The van der Waals surface area contributed by atoms with Gasteiger partial charge in [-0.25, -0.2) is 0 Å². The molecule has 0 saturated carbocycles. The van der Waals surface area contributed by atoms with Crippen molar-refractivity contribution in [3.05, 3.63) is 11.8 Å². The first-order chi connectivity index (χ1) is 4.27. The molecule has 0 bridgehead atoms. The third kappa shape index (κ3) is 8.54. The Balaban J connectivity index is 3.04. The lowest BCUT2D eigenvalue weighted by atomic mass is 10.3. The van der Waals surface area contributed by atoms with Crippen LogP contribution in [0.4, 0.5) is 0 Å². The van der Waals surface area contributed by atoms with Crippen molar-refractivity contribution in [3.63, 3.8) is 0 Å². The minimum absolute atomic E-state index is 0.210. The van der Waals surface area contributed by atoms with Crippen LogP contribution < -0.4 is 0 Å². The minimum Gasteiger partial charge on any atom is -0.110 e. The average molecular weight is 181 g/mol. The van der Waals surface area contributed by atoms with Crippen molar-refractivity contribution in [3.8, 4) is 0 Å². The lowest BCUT2D eigenvalue weighted by molar-refractivity contribution is 0.960. The largest absolute Gasteiger partial charge is 0.114 e. The number of hydrogen-bond acceptors (Lipinski definition) is 0. The lowest BCUT2D eigenvalue weighted by Crippen LogP contribution is -1.95. The second-order valence-corrected chi connectivity index (χ2v) is 4.73. The molecule has 0 unspecified atom stereocenters. The molecule has 0 spiro atoms. The molecule has 0 fully saturated rings.